The molecular weight excluding hydrogens is 252 g/mol. The molecule has 2 saturated carbocycles. The second kappa shape index (κ2) is 5.73. The standard InChI is InChI=1S/C16H22N2O2/c17-13-2-1-3-14(10-13)20-7-6-16(19)18-15-9-11-4-5-12(15)8-11/h1-3,10-12,15H,4-9,17H2,(H,18,19). The fourth-order valence-electron chi connectivity index (χ4n) is 3.57. The van der Waals surface area contributed by atoms with Crippen molar-refractivity contribution >= 4 is 11.6 Å². The van der Waals surface area contributed by atoms with Crippen LogP contribution < -0.4 is 15.8 Å². The number of carbonyl (C=O) groups excluding carboxylic acids is 1. The highest BCUT2D eigenvalue weighted by atomic mass is 16.5. The van der Waals surface area contributed by atoms with Gasteiger partial charge in [-0.25, -0.2) is 0 Å². The van der Waals surface area contributed by atoms with Gasteiger partial charge in [-0.3, -0.25) is 4.79 Å². The van der Waals surface area contributed by atoms with E-state index in [0.29, 0.717) is 24.8 Å². The molecule has 3 N–H and O–H groups in total. The second-order valence-electron chi connectivity index (χ2n) is 6.02. The number of anilines is 1. The van der Waals surface area contributed by atoms with Crippen molar-refractivity contribution < 1.29 is 9.53 Å². The molecule has 1 aromatic carbocycles. The van der Waals surface area contributed by atoms with E-state index in [0.717, 1.165) is 17.6 Å². The molecule has 0 radical (unpaired) electrons. The molecule has 3 unspecified atom stereocenters. The molecule has 0 saturated heterocycles. The van der Waals surface area contributed by atoms with E-state index in [-0.39, 0.29) is 5.91 Å². The predicted molar refractivity (Wildman–Crippen MR) is 78.3 cm³/mol. The average Bonchev–Trinajstić information content (AvgIpc) is 3.01. The number of carbonyl (C=O) groups is 1. The summed E-state index contributed by atoms with van der Waals surface area (Å²) in [5, 5.41) is 3.16. The van der Waals surface area contributed by atoms with Crippen molar-refractivity contribution in [1.82, 2.24) is 5.32 Å². The molecule has 4 nitrogen and oxygen atoms in total. The molecule has 2 aliphatic rings. The molecule has 20 heavy (non-hydrogen) atoms. The minimum atomic E-state index is 0.103. The molecule has 2 bridgehead atoms. The number of hydrogen-bond donors (Lipinski definition) is 2. The molecule has 1 aromatic rings. The van der Waals surface area contributed by atoms with Crippen LogP contribution in [0.25, 0.3) is 0 Å². The van der Waals surface area contributed by atoms with Gasteiger partial charge in [-0.15, -0.1) is 0 Å². The van der Waals surface area contributed by atoms with Crippen LogP contribution in [0.1, 0.15) is 32.1 Å². The van der Waals surface area contributed by atoms with Crippen LogP contribution in [0.5, 0.6) is 5.75 Å². The van der Waals surface area contributed by atoms with E-state index in [1.807, 2.05) is 18.2 Å². The fourth-order valence-corrected chi connectivity index (χ4v) is 3.57. The minimum absolute atomic E-state index is 0.103. The molecule has 0 spiro atoms. The molecule has 0 heterocycles. The lowest BCUT2D eigenvalue weighted by Gasteiger charge is -2.22. The Hall–Kier alpha value is -1.71. The van der Waals surface area contributed by atoms with Crippen molar-refractivity contribution in [2.75, 3.05) is 12.3 Å². The number of nitrogens with one attached hydrogen (secondary N) is 1. The van der Waals surface area contributed by atoms with Gasteiger partial charge in [0.1, 0.15) is 5.75 Å². The molecule has 2 fully saturated rings. The van der Waals surface area contributed by atoms with Crippen molar-refractivity contribution in [2.24, 2.45) is 11.8 Å². The lowest BCUT2D eigenvalue weighted by molar-refractivity contribution is -0.122. The number of nitrogens with two attached hydrogens (primary N) is 1. The maximum Gasteiger partial charge on any atom is 0.223 e. The summed E-state index contributed by atoms with van der Waals surface area (Å²) in [6.07, 6.45) is 5.53. The third-order valence-corrected chi connectivity index (χ3v) is 4.54. The quantitative estimate of drug-likeness (QED) is 0.810. The number of ether oxygens (including phenoxy) is 1. The Balaban J connectivity index is 1.39. The van der Waals surface area contributed by atoms with Gasteiger partial charge in [-0.1, -0.05) is 12.5 Å². The summed E-state index contributed by atoms with van der Waals surface area (Å²) in [6, 6.07) is 7.70. The first kappa shape index (κ1) is 13.3. The van der Waals surface area contributed by atoms with Gasteiger partial charge in [-0.05, 0) is 43.2 Å². The Labute approximate surface area is 119 Å². The zero-order valence-electron chi connectivity index (χ0n) is 11.7. The van der Waals surface area contributed by atoms with Gasteiger partial charge in [0.2, 0.25) is 5.91 Å². The van der Waals surface area contributed by atoms with Crippen molar-refractivity contribution in [3.05, 3.63) is 24.3 Å². The lowest BCUT2D eigenvalue weighted by atomic mass is 9.95. The van der Waals surface area contributed by atoms with Crippen molar-refractivity contribution in [1.29, 1.82) is 0 Å². The number of rotatable bonds is 5. The van der Waals surface area contributed by atoms with Gasteiger partial charge in [0.25, 0.3) is 0 Å². The summed E-state index contributed by atoms with van der Waals surface area (Å²) in [7, 11) is 0. The highest BCUT2D eigenvalue weighted by Crippen LogP contribution is 2.44. The van der Waals surface area contributed by atoms with E-state index >= 15 is 0 Å². The third-order valence-electron chi connectivity index (χ3n) is 4.54. The Morgan fingerprint density at radius 3 is 2.95 bits per heavy atom. The Morgan fingerprint density at radius 1 is 1.35 bits per heavy atom. The molecule has 2 aliphatic carbocycles. The summed E-state index contributed by atoms with van der Waals surface area (Å²) in [5.41, 5.74) is 6.35. The van der Waals surface area contributed by atoms with Gasteiger partial charge in [0.15, 0.2) is 0 Å². The van der Waals surface area contributed by atoms with Crippen LogP contribution in [0.3, 0.4) is 0 Å². The summed E-state index contributed by atoms with van der Waals surface area (Å²) in [4.78, 5) is 11.9. The first-order valence-corrected chi connectivity index (χ1v) is 7.48. The van der Waals surface area contributed by atoms with E-state index in [4.69, 9.17) is 10.5 Å². The summed E-state index contributed by atoms with van der Waals surface area (Å²) in [6.45, 7) is 0.399. The van der Waals surface area contributed by atoms with Gasteiger partial charge >= 0.3 is 0 Å². The minimum Gasteiger partial charge on any atom is -0.493 e. The third kappa shape index (κ3) is 3.06. The van der Waals surface area contributed by atoms with Crippen LogP contribution >= 0.6 is 0 Å². The summed E-state index contributed by atoms with van der Waals surface area (Å²) >= 11 is 0. The first-order chi connectivity index (χ1) is 9.70. The molecule has 108 valence electrons. The van der Waals surface area contributed by atoms with Gasteiger partial charge < -0.3 is 15.8 Å². The molecule has 3 atom stereocenters. The fraction of sp³-hybridized carbons (Fsp3) is 0.562. The predicted octanol–water partition coefficient (Wildman–Crippen LogP) is 2.34. The molecule has 1 amide bonds. The number of amides is 1. The zero-order chi connectivity index (χ0) is 13.9. The topological polar surface area (TPSA) is 64.3 Å². The average molecular weight is 274 g/mol. The van der Waals surface area contributed by atoms with E-state index in [9.17, 15) is 4.79 Å². The smallest absolute Gasteiger partial charge is 0.223 e. The van der Waals surface area contributed by atoms with E-state index in [1.165, 1.54) is 25.7 Å². The Morgan fingerprint density at radius 2 is 2.25 bits per heavy atom. The monoisotopic (exact) mass is 274 g/mol. The Bertz CT molecular complexity index is 489. The summed E-state index contributed by atoms with van der Waals surface area (Å²) in [5.74, 6) is 2.40. The van der Waals surface area contributed by atoms with Crippen LogP contribution in [-0.2, 0) is 4.79 Å². The maximum absolute atomic E-state index is 11.9. The van der Waals surface area contributed by atoms with E-state index < -0.39 is 0 Å². The number of benzene rings is 1. The normalized spacial score (nSPS) is 27.5. The molecular formula is C16H22N2O2. The van der Waals surface area contributed by atoms with Crippen molar-refractivity contribution in [3.8, 4) is 5.75 Å². The van der Waals surface area contributed by atoms with Crippen LogP contribution in [0, 0.1) is 11.8 Å². The van der Waals surface area contributed by atoms with Gasteiger partial charge in [0.05, 0.1) is 13.0 Å². The molecule has 0 aliphatic heterocycles. The Kier molecular flexibility index (Phi) is 3.81. The molecule has 4 heteroatoms. The van der Waals surface area contributed by atoms with E-state index in [2.05, 4.69) is 5.32 Å². The van der Waals surface area contributed by atoms with Crippen LogP contribution in [-0.4, -0.2) is 18.6 Å². The van der Waals surface area contributed by atoms with Gasteiger partial charge in [0, 0.05) is 17.8 Å². The summed E-state index contributed by atoms with van der Waals surface area (Å²) < 4.78 is 5.54. The number of nitrogen functional groups attached to an aromatic ring is 1. The van der Waals surface area contributed by atoms with Crippen LogP contribution in [0.4, 0.5) is 5.69 Å². The zero-order valence-corrected chi connectivity index (χ0v) is 11.7. The first-order valence-electron chi connectivity index (χ1n) is 7.48. The van der Waals surface area contributed by atoms with Crippen LogP contribution in [0.2, 0.25) is 0 Å². The maximum atomic E-state index is 11.9. The van der Waals surface area contributed by atoms with Gasteiger partial charge in [-0.2, -0.15) is 0 Å². The molecule has 0 aromatic heterocycles. The highest BCUT2D eigenvalue weighted by molar-refractivity contribution is 5.76. The highest BCUT2D eigenvalue weighted by Gasteiger charge is 2.39. The van der Waals surface area contributed by atoms with E-state index in [1.54, 1.807) is 6.07 Å². The largest absolute Gasteiger partial charge is 0.493 e. The number of hydrogen-bond acceptors (Lipinski definition) is 3. The van der Waals surface area contributed by atoms with Crippen molar-refractivity contribution in [2.45, 2.75) is 38.1 Å². The lowest BCUT2D eigenvalue weighted by Crippen LogP contribution is -2.38. The molecule has 3 rings (SSSR count). The second-order valence-corrected chi connectivity index (χ2v) is 6.02. The van der Waals surface area contributed by atoms with Crippen molar-refractivity contribution in [3.63, 3.8) is 0 Å². The number of fused-ring (bicyclic) bond motifs is 2. The van der Waals surface area contributed by atoms with Crippen LogP contribution in [0.15, 0.2) is 24.3 Å². The SMILES string of the molecule is Nc1cccc(OCCC(=O)NC2CC3CCC2C3)c1.